The fraction of sp³-hybridized carbons (Fsp3) is 0.231. The first-order chi connectivity index (χ1) is 9.58. The fourth-order valence-electron chi connectivity index (χ4n) is 2.21. The predicted octanol–water partition coefficient (Wildman–Crippen LogP) is 2.09. The molecule has 0 fully saturated rings. The molecule has 0 saturated carbocycles. The normalized spacial score (nSPS) is 12.8. The predicted molar refractivity (Wildman–Crippen MR) is 75.9 cm³/mol. The molecule has 0 saturated heterocycles. The van der Waals surface area contributed by atoms with Crippen molar-refractivity contribution >= 4 is 22.5 Å². The summed E-state index contributed by atoms with van der Waals surface area (Å²) in [6, 6.07) is 3.16. The molecule has 6 nitrogen and oxygen atoms in total. The van der Waals surface area contributed by atoms with Gasteiger partial charge in [0.15, 0.2) is 0 Å². The highest BCUT2D eigenvalue weighted by Gasteiger charge is 2.15. The van der Waals surface area contributed by atoms with Gasteiger partial charge >= 0.3 is 0 Å². The average Bonchev–Trinajstić information content (AvgIpc) is 2.93. The van der Waals surface area contributed by atoms with Gasteiger partial charge in [0.25, 0.3) is 5.56 Å². The number of aromatic nitrogens is 5. The largest absolute Gasteiger partial charge is 0.288 e. The zero-order chi connectivity index (χ0) is 14.3. The van der Waals surface area contributed by atoms with E-state index in [1.165, 1.54) is 17.2 Å². The zero-order valence-corrected chi connectivity index (χ0v) is 11.7. The lowest BCUT2D eigenvalue weighted by Crippen LogP contribution is -2.25. The van der Waals surface area contributed by atoms with Crippen LogP contribution in [-0.4, -0.2) is 24.7 Å². The first-order valence-electron chi connectivity index (χ1n) is 6.10. The van der Waals surface area contributed by atoms with E-state index in [0.29, 0.717) is 21.7 Å². The average molecular weight is 290 g/mol. The molecule has 0 aliphatic rings. The molecule has 0 aliphatic heterocycles. The Balaban J connectivity index is 2.24. The standard InChI is InChI=1S/C13H12ClN5O/c1-7-3-9(14)4-10-11(7)16-6-19(13(10)20)8(2)12-15-5-17-18-12/h3-6,8H,1-2H3,(H,15,17,18). The third kappa shape index (κ3) is 1.98. The molecule has 0 spiro atoms. The van der Waals surface area contributed by atoms with Gasteiger partial charge in [0, 0.05) is 5.02 Å². The summed E-state index contributed by atoms with van der Waals surface area (Å²) in [4.78, 5) is 21.0. The molecular weight excluding hydrogens is 278 g/mol. The van der Waals surface area contributed by atoms with E-state index < -0.39 is 0 Å². The Hall–Kier alpha value is -2.21. The quantitative estimate of drug-likeness (QED) is 0.783. The number of H-pyrrole nitrogens is 1. The molecule has 7 heteroatoms. The molecule has 102 valence electrons. The third-order valence-electron chi connectivity index (χ3n) is 3.29. The maximum atomic E-state index is 12.6. The smallest absolute Gasteiger partial charge is 0.261 e. The van der Waals surface area contributed by atoms with Crippen LogP contribution in [0.4, 0.5) is 0 Å². The van der Waals surface area contributed by atoms with Crippen LogP contribution in [0.15, 0.2) is 29.6 Å². The summed E-state index contributed by atoms with van der Waals surface area (Å²) in [6.45, 7) is 3.73. The second-order valence-corrected chi connectivity index (χ2v) is 5.06. The number of nitrogens with zero attached hydrogens (tertiary/aromatic N) is 4. The maximum Gasteiger partial charge on any atom is 0.261 e. The van der Waals surface area contributed by atoms with E-state index in [9.17, 15) is 4.79 Å². The van der Waals surface area contributed by atoms with Crippen molar-refractivity contribution in [2.45, 2.75) is 19.9 Å². The van der Waals surface area contributed by atoms with E-state index in [4.69, 9.17) is 11.6 Å². The van der Waals surface area contributed by atoms with E-state index in [1.54, 1.807) is 12.1 Å². The highest BCUT2D eigenvalue weighted by atomic mass is 35.5. The van der Waals surface area contributed by atoms with Crippen LogP contribution in [0.25, 0.3) is 10.9 Å². The number of fused-ring (bicyclic) bond motifs is 1. The minimum Gasteiger partial charge on any atom is -0.288 e. The molecule has 1 aromatic carbocycles. The molecular formula is C13H12ClN5O. The van der Waals surface area contributed by atoms with Crippen molar-refractivity contribution in [2.24, 2.45) is 0 Å². The zero-order valence-electron chi connectivity index (χ0n) is 11.0. The highest BCUT2D eigenvalue weighted by Crippen LogP contribution is 2.20. The molecule has 3 aromatic rings. The molecule has 3 rings (SSSR count). The van der Waals surface area contributed by atoms with Gasteiger partial charge < -0.3 is 0 Å². The third-order valence-corrected chi connectivity index (χ3v) is 3.51. The molecule has 0 bridgehead atoms. The van der Waals surface area contributed by atoms with E-state index in [2.05, 4.69) is 20.2 Å². The minimum absolute atomic E-state index is 0.149. The second-order valence-electron chi connectivity index (χ2n) is 4.62. The number of hydrogen-bond acceptors (Lipinski definition) is 4. The summed E-state index contributed by atoms with van der Waals surface area (Å²) in [5.74, 6) is 0.604. The Morgan fingerprint density at radius 3 is 2.85 bits per heavy atom. The number of aryl methyl sites for hydroxylation is 1. The van der Waals surface area contributed by atoms with Gasteiger partial charge in [0.05, 0.1) is 23.3 Å². The van der Waals surface area contributed by atoms with Gasteiger partial charge in [0.2, 0.25) is 0 Å². The Morgan fingerprint density at radius 2 is 2.15 bits per heavy atom. The molecule has 0 radical (unpaired) electrons. The first kappa shape index (κ1) is 12.8. The van der Waals surface area contributed by atoms with Gasteiger partial charge in [-0.3, -0.25) is 14.5 Å². The van der Waals surface area contributed by atoms with E-state index in [0.717, 1.165) is 5.56 Å². The lowest BCUT2D eigenvalue weighted by molar-refractivity contribution is 0.577. The Labute approximate surface area is 119 Å². The summed E-state index contributed by atoms with van der Waals surface area (Å²) >= 11 is 6.02. The van der Waals surface area contributed by atoms with Crippen LogP contribution >= 0.6 is 11.6 Å². The summed E-state index contributed by atoms with van der Waals surface area (Å²) in [5.41, 5.74) is 1.40. The maximum absolute atomic E-state index is 12.6. The van der Waals surface area contributed by atoms with Crippen LogP contribution in [0.5, 0.6) is 0 Å². The SMILES string of the molecule is Cc1cc(Cl)cc2c(=O)n(C(C)c3ncn[nH]3)cnc12. The van der Waals surface area contributed by atoms with Crippen LogP contribution < -0.4 is 5.56 Å². The molecule has 2 aromatic heterocycles. The van der Waals surface area contributed by atoms with Crippen LogP contribution in [0, 0.1) is 6.92 Å². The Bertz CT molecular complexity index is 825. The van der Waals surface area contributed by atoms with Crippen molar-refractivity contribution < 1.29 is 0 Å². The molecule has 0 amide bonds. The van der Waals surface area contributed by atoms with Crippen molar-refractivity contribution in [3.8, 4) is 0 Å². The molecule has 2 heterocycles. The van der Waals surface area contributed by atoms with Gasteiger partial charge in [-0.1, -0.05) is 11.6 Å². The second kappa shape index (κ2) is 4.72. The molecule has 1 unspecified atom stereocenters. The lowest BCUT2D eigenvalue weighted by Gasteiger charge is -2.13. The number of halogens is 1. The number of rotatable bonds is 2. The van der Waals surface area contributed by atoms with Crippen molar-refractivity contribution in [3.63, 3.8) is 0 Å². The van der Waals surface area contributed by atoms with Crippen LogP contribution in [0.1, 0.15) is 24.4 Å². The number of nitrogens with one attached hydrogen (secondary N) is 1. The van der Waals surface area contributed by atoms with E-state index in [-0.39, 0.29) is 11.6 Å². The number of aromatic amines is 1. The van der Waals surface area contributed by atoms with Gasteiger partial charge in [-0.15, -0.1) is 0 Å². The summed E-state index contributed by atoms with van der Waals surface area (Å²) in [6.07, 6.45) is 2.94. The Kier molecular flexibility index (Phi) is 3.02. The highest BCUT2D eigenvalue weighted by molar-refractivity contribution is 6.31. The van der Waals surface area contributed by atoms with Gasteiger partial charge in [-0.05, 0) is 31.5 Å². The topological polar surface area (TPSA) is 76.5 Å². The van der Waals surface area contributed by atoms with E-state index >= 15 is 0 Å². The van der Waals surface area contributed by atoms with Crippen molar-refractivity contribution in [2.75, 3.05) is 0 Å². The van der Waals surface area contributed by atoms with Gasteiger partial charge in [0.1, 0.15) is 12.2 Å². The van der Waals surface area contributed by atoms with Crippen LogP contribution in [-0.2, 0) is 0 Å². The van der Waals surface area contributed by atoms with Gasteiger partial charge in [-0.25, -0.2) is 9.97 Å². The number of hydrogen-bond donors (Lipinski definition) is 1. The van der Waals surface area contributed by atoms with Crippen LogP contribution in [0.2, 0.25) is 5.02 Å². The lowest BCUT2D eigenvalue weighted by atomic mass is 10.1. The number of benzene rings is 1. The summed E-state index contributed by atoms with van der Waals surface area (Å²) < 4.78 is 1.51. The monoisotopic (exact) mass is 289 g/mol. The molecule has 20 heavy (non-hydrogen) atoms. The summed E-state index contributed by atoms with van der Waals surface area (Å²) in [5, 5.41) is 7.59. The Morgan fingerprint density at radius 1 is 1.35 bits per heavy atom. The molecule has 0 aliphatic carbocycles. The van der Waals surface area contributed by atoms with Crippen molar-refractivity contribution in [1.82, 2.24) is 24.7 Å². The minimum atomic E-state index is -0.277. The van der Waals surface area contributed by atoms with Crippen molar-refractivity contribution in [3.05, 3.63) is 51.6 Å². The van der Waals surface area contributed by atoms with E-state index in [1.807, 2.05) is 13.8 Å². The van der Waals surface area contributed by atoms with Crippen LogP contribution in [0.3, 0.4) is 0 Å². The van der Waals surface area contributed by atoms with Gasteiger partial charge in [-0.2, -0.15) is 5.10 Å². The summed E-state index contributed by atoms with van der Waals surface area (Å²) in [7, 11) is 0. The molecule has 1 N–H and O–H groups in total. The van der Waals surface area contributed by atoms with Crippen molar-refractivity contribution in [1.29, 1.82) is 0 Å². The fourth-order valence-corrected chi connectivity index (χ4v) is 2.48. The molecule has 1 atom stereocenters. The first-order valence-corrected chi connectivity index (χ1v) is 6.48.